The van der Waals surface area contributed by atoms with Crippen LogP contribution in [0.15, 0.2) is 30.6 Å². The van der Waals surface area contributed by atoms with Crippen molar-refractivity contribution < 1.29 is 19.0 Å². The molecule has 1 spiro atoms. The molecule has 1 amide bonds. The third kappa shape index (κ3) is 2.97. The van der Waals surface area contributed by atoms with Gasteiger partial charge in [-0.2, -0.15) is 4.98 Å². The highest BCUT2D eigenvalue weighted by atomic mass is 16.5. The van der Waals surface area contributed by atoms with Crippen LogP contribution in [0.2, 0.25) is 0 Å². The van der Waals surface area contributed by atoms with Gasteiger partial charge in [-0.25, -0.2) is 9.50 Å². The molecule has 1 fully saturated rings. The van der Waals surface area contributed by atoms with Crippen molar-refractivity contribution in [3.8, 4) is 11.5 Å². The van der Waals surface area contributed by atoms with Crippen LogP contribution in [-0.2, 0) is 16.8 Å². The Kier molecular flexibility index (Phi) is 4.54. The first-order valence-corrected chi connectivity index (χ1v) is 9.99. The molecule has 0 N–H and O–H groups in total. The maximum atomic E-state index is 13.0. The summed E-state index contributed by atoms with van der Waals surface area (Å²) < 4.78 is 18.8. The summed E-state index contributed by atoms with van der Waals surface area (Å²) in [5, 5.41) is 4.26. The lowest BCUT2D eigenvalue weighted by Gasteiger charge is -2.45. The summed E-state index contributed by atoms with van der Waals surface area (Å²) in [6.07, 6.45) is 5.59. The highest BCUT2D eigenvalue weighted by molar-refractivity contribution is 5.91. The Hall–Kier alpha value is -3.20. The molecule has 0 unspecified atom stereocenters. The predicted octanol–water partition coefficient (Wildman–Crippen LogP) is 1.85. The number of amides is 1. The SMILES string of the molecule is COc1cc2c(cc1OC)C1(CCN(C(=O)c3nc4ncccn4n3)CC1)OCC2. The molecule has 9 heteroatoms. The van der Waals surface area contributed by atoms with Crippen LogP contribution < -0.4 is 9.47 Å². The van der Waals surface area contributed by atoms with Crippen LogP contribution in [0, 0.1) is 0 Å². The number of carbonyl (C=O) groups excluding carboxylic acids is 1. The smallest absolute Gasteiger partial charge is 0.293 e. The number of ether oxygens (including phenoxy) is 3. The second-order valence-electron chi connectivity index (χ2n) is 7.55. The number of hydrogen-bond donors (Lipinski definition) is 0. The van der Waals surface area contributed by atoms with E-state index in [1.54, 1.807) is 37.6 Å². The molecule has 0 radical (unpaired) electrons. The first kappa shape index (κ1) is 18.8. The Balaban J connectivity index is 1.38. The maximum absolute atomic E-state index is 13.0. The Morgan fingerprint density at radius 1 is 1.17 bits per heavy atom. The monoisotopic (exact) mass is 409 g/mol. The molecule has 0 bridgehead atoms. The van der Waals surface area contributed by atoms with Gasteiger partial charge in [-0.15, -0.1) is 5.10 Å². The van der Waals surface area contributed by atoms with Gasteiger partial charge in [0.2, 0.25) is 5.82 Å². The van der Waals surface area contributed by atoms with E-state index in [9.17, 15) is 4.79 Å². The molecule has 1 aromatic carbocycles. The van der Waals surface area contributed by atoms with E-state index in [0.29, 0.717) is 44.1 Å². The molecule has 0 saturated carbocycles. The highest BCUT2D eigenvalue weighted by Crippen LogP contribution is 2.45. The fourth-order valence-electron chi connectivity index (χ4n) is 4.44. The van der Waals surface area contributed by atoms with Gasteiger partial charge in [-0.3, -0.25) is 4.79 Å². The number of likely N-dealkylation sites (tertiary alicyclic amines) is 1. The Bertz CT molecular complexity index is 1070. The van der Waals surface area contributed by atoms with Crippen molar-refractivity contribution in [3.05, 3.63) is 47.5 Å². The number of hydrogen-bond acceptors (Lipinski definition) is 7. The van der Waals surface area contributed by atoms with E-state index in [4.69, 9.17) is 14.2 Å². The summed E-state index contributed by atoms with van der Waals surface area (Å²) in [5.74, 6) is 1.83. The number of aromatic nitrogens is 4. The van der Waals surface area contributed by atoms with Crippen LogP contribution in [0.25, 0.3) is 5.78 Å². The Morgan fingerprint density at radius 3 is 2.67 bits per heavy atom. The zero-order chi connectivity index (χ0) is 20.7. The summed E-state index contributed by atoms with van der Waals surface area (Å²) >= 11 is 0. The van der Waals surface area contributed by atoms with Crippen LogP contribution in [0.5, 0.6) is 11.5 Å². The Morgan fingerprint density at radius 2 is 1.93 bits per heavy atom. The summed E-state index contributed by atoms with van der Waals surface area (Å²) in [5.41, 5.74) is 1.93. The average Bonchev–Trinajstić information content (AvgIpc) is 3.23. The molecule has 5 rings (SSSR count). The normalized spacial score (nSPS) is 17.7. The summed E-state index contributed by atoms with van der Waals surface area (Å²) in [4.78, 5) is 23.1. The van der Waals surface area contributed by atoms with Crippen molar-refractivity contribution in [2.24, 2.45) is 0 Å². The molecule has 9 nitrogen and oxygen atoms in total. The van der Waals surface area contributed by atoms with Crippen LogP contribution >= 0.6 is 0 Å². The molecule has 4 heterocycles. The van der Waals surface area contributed by atoms with E-state index in [0.717, 1.165) is 17.7 Å². The van der Waals surface area contributed by atoms with Gasteiger partial charge < -0.3 is 19.1 Å². The van der Waals surface area contributed by atoms with Crippen LogP contribution in [-0.4, -0.2) is 64.3 Å². The molecule has 3 aromatic rings. The summed E-state index contributed by atoms with van der Waals surface area (Å²) in [6, 6.07) is 5.82. The van der Waals surface area contributed by atoms with Gasteiger partial charge in [0.1, 0.15) is 0 Å². The quantitative estimate of drug-likeness (QED) is 0.652. The minimum atomic E-state index is -0.419. The molecule has 2 aliphatic rings. The van der Waals surface area contributed by atoms with Crippen molar-refractivity contribution in [3.63, 3.8) is 0 Å². The molecule has 156 valence electrons. The van der Waals surface area contributed by atoms with Gasteiger partial charge in [0.05, 0.1) is 26.4 Å². The van der Waals surface area contributed by atoms with Crippen LogP contribution in [0.1, 0.15) is 34.6 Å². The minimum Gasteiger partial charge on any atom is -0.493 e. The molecule has 30 heavy (non-hydrogen) atoms. The first-order valence-electron chi connectivity index (χ1n) is 9.99. The van der Waals surface area contributed by atoms with Gasteiger partial charge in [0.25, 0.3) is 11.7 Å². The van der Waals surface area contributed by atoms with Crippen LogP contribution in [0.3, 0.4) is 0 Å². The summed E-state index contributed by atoms with van der Waals surface area (Å²) in [7, 11) is 3.28. The fourth-order valence-corrected chi connectivity index (χ4v) is 4.44. The molecular weight excluding hydrogens is 386 g/mol. The van der Waals surface area contributed by atoms with E-state index in [-0.39, 0.29) is 11.7 Å². The molecule has 2 aliphatic heterocycles. The van der Waals surface area contributed by atoms with E-state index < -0.39 is 5.60 Å². The third-order valence-corrected chi connectivity index (χ3v) is 6.02. The van der Waals surface area contributed by atoms with Gasteiger partial charge in [-0.05, 0) is 48.6 Å². The van der Waals surface area contributed by atoms with E-state index in [1.165, 1.54) is 10.1 Å². The van der Waals surface area contributed by atoms with Gasteiger partial charge in [-0.1, -0.05) is 0 Å². The van der Waals surface area contributed by atoms with Crippen molar-refractivity contribution in [2.45, 2.75) is 24.9 Å². The number of fused-ring (bicyclic) bond motifs is 3. The predicted molar refractivity (Wildman–Crippen MR) is 107 cm³/mol. The minimum absolute atomic E-state index is 0.168. The number of rotatable bonds is 3. The number of benzene rings is 1. The lowest BCUT2D eigenvalue weighted by molar-refractivity contribution is -0.0937. The van der Waals surface area contributed by atoms with Gasteiger partial charge in [0, 0.05) is 25.5 Å². The maximum Gasteiger partial charge on any atom is 0.293 e. The fraction of sp³-hybridized carbons (Fsp3) is 0.429. The second-order valence-corrected chi connectivity index (χ2v) is 7.55. The number of carbonyl (C=O) groups is 1. The number of methoxy groups -OCH3 is 2. The second kappa shape index (κ2) is 7.24. The lowest BCUT2D eigenvalue weighted by atomic mass is 9.79. The highest BCUT2D eigenvalue weighted by Gasteiger charge is 2.43. The van der Waals surface area contributed by atoms with Crippen molar-refractivity contribution in [2.75, 3.05) is 33.9 Å². The lowest BCUT2D eigenvalue weighted by Crippen LogP contribution is -2.48. The number of piperidine rings is 1. The molecule has 0 atom stereocenters. The van der Waals surface area contributed by atoms with E-state index in [2.05, 4.69) is 15.1 Å². The standard InChI is InChI=1S/C21H23N5O4/c1-28-16-12-14-4-11-30-21(15(14)13-17(16)29-2)5-9-25(10-6-21)19(27)18-23-20-22-7-3-8-26(20)24-18/h3,7-8,12-13H,4-6,9-11H2,1-2H3. The van der Waals surface area contributed by atoms with Crippen molar-refractivity contribution >= 4 is 11.7 Å². The topological polar surface area (TPSA) is 91.1 Å². The zero-order valence-corrected chi connectivity index (χ0v) is 17.0. The number of nitrogens with zero attached hydrogens (tertiary/aromatic N) is 5. The molecule has 0 aliphatic carbocycles. The molecule has 1 saturated heterocycles. The summed E-state index contributed by atoms with van der Waals surface area (Å²) in [6.45, 7) is 1.78. The zero-order valence-electron chi connectivity index (χ0n) is 17.0. The Labute approximate surface area is 173 Å². The average molecular weight is 409 g/mol. The van der Waals surface area contributed by atoms with Crippen molar-refractivity contribution in [1.82, 2.24) is 24.5 Å². The molecule has 2 aromatic heterocycles. The van der Waals surface area contributed by atoms with E-state index in [1.807, 2.05) is 12.1 Å². The van der Waals surface area contributed by atoms with E-state index >= 15 is 0 Å². The third-order valence-electron chi connectivity index (χ3n) is 6.02. The van der Waals surface area contributed by atoms with Gasteiger partial charge in [0.15, 0.2) is 11.5 Å². The van der Waals surface area contributed by atoms with Crippen molar-refractivity contribution in [1.29, 1.82) is 0 Å². The first-order chi connectivity index (χ1) is 14.6. The molecular formula is C21H23N5O4. The largest absolute Gasteiger partial charge is 0.493 e. The van der Waals surface area contributed by atoms with Crippen LogP contribution in [0.4, 0.5) is 0 Å². The van der Waals surface area contributed by atoms with Gasteiger partial charge >= 0.3 is 0 Å².